The van der Waals surface area contributed by atoms with Crippen LogP contribution in [0, 0.1) is 6.92 Å². The molecule has 0 bridgehead atoms. The van der Waals surface area contributed by atoms with E-state index in [1.54, 1.807) is 21.1 Å². The fourth-order valence-electron chi connectivity index (χ4n) is 6.85. The van der Waals surface area contributed by atoms with E-state index in [0.29, 0.717) is 54.8 Å². The molecule has 2 atom stereocenters. The van der Waals surface area contributed by atoms with Gasteiger partial charge in [-0.15, -0.1) is 0 Å². The number of hydrogen-bond donors (Lipinski definition) is 1. The number of anilines is 1. The molecule has 0 unspecified atom stereocenters. The van der Waals surface area contributed by atoms with Crippen molar-refractivity contribution >= 4 is 17.5 Å². The number of fused-ring (bicyclic) bond motifs is 1. The summed E-state index contributed by atoms with van der Waals surface area (Å²) in [6.07, 6.45) is 2.73. The highest BCUT2D eigenvalue weighted by Crippen LogP contribution is 2.40. The second-order valence-corrected chi connectivity index (χ2v) is 12.2. The second kappa shape index (κ2) is 14.3. The number of amides is 2. The van der Waals surface area contributed by atoms with Gasteiger partial charge in [-0.3, -0.25) is 14.5 Å². The van der Waals surface area contributed by atoms with E-state index in [2.05, 4.69) is 63.6 Å². The highest BCUT2D eigenvalue weighted by Gasteiger charge is 2.36. The number of benzene rings is 3. The van der Waals surface area contributed by atoms with Gasteiger partial charge < -0.3 is 29.1 Å². The first-order valence-electron chi connectivity index (χ1n) is 16.3. The maximum absolute atomic E-state index is 14.1. The Labute approximate surface area is 277 Å². The van der Waals surface area contributed by atoms with Crippen LogP contribution in [0.3, 0.4) is 0 Å². The van der Waals surface area contributed by atoms with Crippen molar-refractivity contribution in [3.8, 4) is 11.5 Å². The Bertz CT molecular complexity index is 1710. The van der Waals surface area contributed by atoms with Gasteiger partial charge in [-0.1, -0.05) is 47.6 Å². The van der Waals surface area contributed by atoms with Gasteiger partial charge in [0.25, 0.3) is 11.8 Å². The molecule has 47 heavy (non-hydrogen) atoms. The van der Waals surface area contributed by atoms with Crippen LogP contribution in [0.15, 0.2) is 77.4 Å². The molecule has 2 aliphatic heterocycles. The highest BCUT2D eigenvalue weighted by atomic mass is 16.5. The fraction of sp³-hybridized carbons (Fsp3) is 0.378. The summed E-state index contributed by atoms with van der Waals surface area (Å²) >= 11 is 0. The minimum atomic E-state index is -0.236. The molecule has 1 fully saturated rings. The lowest BCUT2D eigenvalue weighted by Gasteiger charge is -2.40. The molecule has 10 nitrogen and oxygen atoms in total. The van der Waals surface area contributed by atoms with E-state index in [1.807, 2.05) is 35.2 Å². The van der Waals surface area contributed by atoms with Gasteiger partial charge in [-0.25, -0.2) is 0 Å². The first-order valence-corrected chi connectivity index (χ1v) is 16.3. The average Bonchev–Trinajstić information content (AvgIpc) is 3.70. The number of carbonyl (C=O) groups is 2. The lowest BCUT2D eigenvalue weighted by atomic mass is 9.99. The van der Waals surface area contributed by atoms with E-state index in [9.17, 15) is 9.59 Å². The van der Waals surface area contributed by atoms with Crippen LogP contribution in [0.5, 0.6) is 11.5 Å². The molecule has 2 amide bonds. The van der Waals surface area contributed by atoms with Crippen molar-refractivity contribution in [1.29, 1.82) is 0 Å². The molecule has 3 aromatic carbocycles. The third-order valence-electron chi connectivity index (χ3n) is 9.56. The maximum atomic E-state index is 14.1. The van der Waals surface area contributed by atoms with E-state index in [4.69, 9.17) is 14.0 Å². The molecule has 10 heteroatoms. The zero-order chi connectivity index (χ0) is 32.9. The monoisotopic (exact) mass is 639 g/mol. The van der Waals surface area contributed by atoms with Gasteiger partial charge in [0.05, 0.1) is 26.5 Å². The number of carbonyl (C=O) groups excluding carboxylic acids is 2. The minimum Gasteiger partial charge on any atom is -0.493 e. The van der Waals surface area contributed by atoms with Gasteiger partial charge in [0, 0.05) is 63.6 Å². The number of aryl methyl sites for hydroxylation is 1. The van der Waals surface area contributed by atoms with Crippen LogP contribution < -0.4 is 19.7 Å². The Morgan fingerprint density at radius 3 is 2.45 bits per heavy atom. The van der Waals surface area contributed by atoms with Crippen LogP contribution in [0.25, 0.3) is 0 Å². The quantitative estimate of drug-likeness (QED) is 0.188. The first kappa shape index (κ1) is 32.1. The zero-order valence-electron chi connectivity index (χ0n) is 27.6. The molecular formula is C37H45N5O5. The van der Waals surface area contributed by atoms with Crippen LogP contribution in [-0.4, -0.2) is 73.7 Å². The van der Waals surface area contributed by atoms with Gasteiger partial charge in [0.1, 0.15) is 11.3 Å². The second-order valence-electron chi connectivity index (χ2n) is 12.2. The predicted octanol–water partition coefficient (Wildman–Crippen LogP) is 6.04. The molecule has 1 aromatic heterocycles. The Kier molecular flexibility index (Phi) is 9.77. The molecular weight excluding hydrogens is 594 g/mol. The van der Waals surface area contributed by atoms with E-state index in [0.717, 1.165) is 48.6 Å². The molecule has 0 radical (unpaired) electrons. The summed E-state index contributed by atoms with van der Waals surface area (Å²) in [6.45, 7) is 8.63. The molecule has 1 N–H and O–H groups in total. The SMILES string of the molecule is COc1ccc([C@@H](CCCNC(=O)c2cnoc2C)N2Cc3c(cccc3N3CCN([C@H](C)c4ccccc4)CC3)C2=O)cc1OC.[HH]. The van der Waals surface area contributed by atoms with Crippen LogP contribution >= 0.6 is 0 Å². The molecule has 0 saturated carbocycles. The van der Waals surface area contributed by atoms with Gasteiger partial charge in [-0.05, 0) is 62.1 Å². The largest absolute Gasteiger partial charge is 0.493 e. The van der Waals surface area contributed by atoms with Gasteiger partial charge in [-0.2, -0.15) is 0 Å². The summed E-state index contributed by atoms with van der Waals surface area (Å²) in [7, 11) is 3.22. The third-order valence-corrected chi connectivity index (χ3v) is 9.56. The lowest BCUT2D eigenvalue weighted by molar-refractivity contribution is 0.0687. The lowest BCUT2D eigenvalue weighted by Crippen LogP contribution is -2.47. The van der Waals surface area contributed by atoms with Crippen LogP contribution in [0.1, 0.15) is 76.4 Å². The topological polar surface area (TPSA) is 100 Å². The number of rotatable bonds is 12. The van der Waals surface area contributed by atoms with E-state index in [-0.39, 0.29) is 19.3 Å². The third kappa shape index (κ3) is 6.69. The van der Waals surface area contributed by atoms with Crippen molar-refractivity contribution in [3.63, 3.8) is 0 Å². The van der Waals surface area contributed by atoms with Crippen molar-refractivity contribution in [1.82, 2.24) is 20.3 Å². The van der Waals surface area contributed by atoms with E-state index in [1.165, 1.54) is 11.8 Å². The summed E-state index contributed by atoms with van der Waals surface area (Å²) in [6, 6.07) is 22.7. The average molecular weight is 640 g/mol. The Balaban J connectivity index is 0.00000451. The van der Waals surface area contributed by atoms with Gasteiger partial charge in [0.2, 0.25) is 0 Å². The Morgan fingerprint density at radius 2 is 1.74 bits per heavy atom. The number of methoxy groups -OCH3 is 2. The predicted molar refractivity (Wildman–Crippen MR) is 182 cm³/mol. The van der Waals surface area contributed by atoms with Gasteiger partial charge >= 0.3 is 0 Å². The summed E-state index contributed by atoms with van der Waals surface area (Å²) < 4.78 is 16.2. The van der Waals surface area contributed by atoms with Crippen molar-refractivity contribution in [2.24, 2.45) is 0 Å². The zero-order valence-corrected chi connectivity index (χ0v) is 27.6. The minimum absolute atomic E-state index is 0. The Morgan fingerprint density at radius 1 is 0.979 bits per heavy atom. The summed E-state index contributed by atoms with van der Waals surface area (Å²) in [4.78, 5) is 33.7. The number of piperazine rings is 1. The number of hydrogen-bond acceptors (Lipinski definition) is 8. The van der Waals surface area contributed by atoms with Crippen molar-refractivity contribution in [3.05, 3.63) is 107 Å². The molecule has 6 rings (SSSR count). The van der Waals surface area contributed by atoms with Crippen molar-refractivity contribution < 1.29 is 25.0 Å². The number of nitrogens with one attached hydrogen (secondary N) is 1. The molecule has 4 aromatic rings. The smallest absolute Gasteiger partial charge is 0.256 e. The van der Waals surface area contributed by atoms with Gasteiger partial charge in [0.15, 0.2) is 11.5 Å². The Hall–Kier alpha value is -4.83. The maximum Gasteiger partial charge on any atom is 0.256 e. The molecule has 1 saturated heterocycles. The molecule has 0 aliphatic carbocycles. The van der Waals surface area contributed by atoms with Crippen LogP contribution in [-0.2, 0) is 6.54 Å². The highest BCUT2D eigenvalue weighted by molar-refractivity contribution is 6.00. The summed E-state index contributed by atoms with van der Waals surface area (Å²) in [5.74, 6) is 1.51. The summed E-state index contributed by atoms with van der Waals surface area (Å²) in [5.41, 5.74) is 5.67. The number of nitrogens with zero attached hydrogens (tertiary/aromatic N) is 4. The first-order chi connectivity index (χ1) is 22.9. The van der Waals surface area contributed by atoms with Crippen LogP contribution in [0.4, 0.5) is 5.69 Å². The molecule has 0 spiro atoms. The molecule has 2 aliphatic rings. The standard InChI is InChI=1S/C37H43N5O5.H2/c1-25(27-10-6-5-7-11-27)40-18-20-41(21-19-40)33-13-8-12-29-31(33)24-42(37(29)44)32(28-15-16-34(45-3)35(22-28)46-4)14-9-17-38-36(43)30-23-39-47-26(30)2;/h5-8,10-13,15-16,22-23,25,32H,9,14,17-21,24H2,1-4H3,(H,38,43);1H/t25-,32-;/m1./s1. The normalized spacial score (nSPS) is 16.1. The van der Waals surface area contributed by atoms with E-state index >= 15 is 0 Å². The van der Waals surface area contributed by atoms with Crippen molar-refractivity contribution in [2.75, 3.05) is 51.8 Å². The number of aromatic nitrogens is 1. The van der Waals surface area contributed by atoms with E-state index < -0.39 is 0 Å². The fourth-order valence-corrected chi connectivity index (χ4v) is 6.85. The molecule has 3 heterocycles. The molecule has 248 valence electrons. The number of ether oxygens (including phenoxy) is 2. The van der Waals surface area contributed by atoms with Crippen molar-refractivity contribution in [2.45, 2.75) is 45.3 Å². The van der Waals surface area contributed by atoms with Crippen LogP contribution in [0.2, 0.25) is 0 Å². The summed E-state index contributed by atoms with van der Waals surface area (Å²) in [5, 5.41) is 6.68.